The molecule has 1 aromatic heterocycles. The summed E-state index contributed by atoms with van der Waals surface area (Å²) in [5, 5.41) is 3.57. The Balaban J connectivity index is 1.88. The van der Waals surface area contributed by atoms with E-state index in [9.17, 15) is 0 Å². The summed E-state index contributed by atoms with van der Waals surface area (Å²) >= 11 is 0. The zero-order valence-corrected chi connectivity index (χ0v) is 10.6. The highest BCUT2D eigenvalue weighted by atomic mass is 16.5. The van der Waals surface area contributed by atoms with Crippen molar-refractivity contribution in [2.75, 3.05) is 13.2 Å². The lowest BCUT2D eigenvalue weighted by atomic mass is 10.0. The molecular formula is C15H18N2O. The molecule has 3 rings (SSSR count). The first-order valence-electron chi connectivity index (χ1n) is 6.49. The van der Waals surface area contributed by atoms with Crippen LogP contribution < -0.4 is 10.1 Å². The summed E-state index contributed by atoms with van der Waals surface area (Å²) in [6, 6.07) is 13.0. The van der Waals surface area contributed by atoms with Gasteiger partial charge in [-0.1, -0.05) is 12.1 Å². The number of rotatable bonds is 3. The number of nitrogens with zero attached hydrogens (tertiary/aromatic N) is 1. The maximum atomic E-state index is 5.48. The highest BCUT2D eigenvalue weighted by molar-refractivity contribution is 5.34. The van der Waals surface area contributed by atoms with E-state index in [1.54, 1.807) is 0 Å². The van der Waals surface area contributed by atoms with Crippen LogP contribution in [0.2, 0.25) is 0 Å². The molecule has 2 heterocycles. The maximum Gasteiger partial charge on any atom is 0.119 e. The number of hydrogen-bond donors (Lipinski definition) is 1. The van der Waals surface area contributed by atoms with Crippen LogP contribution in [0.1, 0.15) is 24.2 Å². The Morgan fingerprint density at radius 1 is 1.28 bits per heavy atom. The van der Waals surface area contributed by atoms with Crippen LogP contribution >= 0.6 is 0 Å². The van der Waals surface area contributed by atoms with Gasteiger partial charge in [0.2, 0.25) is 0 Å². The number of benzene rings is 1. The van der Waals surface area contributed by atoms with Crippen molar-refractivity contribution in [2.24, 2.45) is 0 Å². The average Bonchev–Trinajstić information content (AvgIpc) is 2.88. The monoisotopic (exact) mass is 242 g/mol. The summed E-state index contributed by atoms with van der Waals surface area (Å²) in [4.78, 5) is 0. The van der Waals surface area contributed by atoms with Gasteiger partial charge in [0.25, 0.3) is 0 Å². The van der Waals surface area contributed by atoms with Gasteiger partial charge in [0.1, 0.15) is 5.75 Å². The van der Waals surface area contributed by atoms with Crippen molar-refractivity contribution in [3.8, 4) is 5.75 Å². The summed E-state index contributed by atoms with van der Waals surface area (Å²) in [6.45, 7) is 4.78. The van der Waals surface area contributed by atoms with Gasteiger partial charge in [-0.25, -0.2) is 0 Å². The number of nitrogens with one attached hydrogen (secondary N) is 1. The van der Waals surface area contributed by atoms with E-state index < -0.39 is 0 Å². The van der Waals surface area contributed by atoms with Gasteiger partial charge in [0.05, 0.1) is 12.6 Å². The van der Waals surface area contributed by atoms with Crippen molar-refractivity contribution in [3.63, 3.8) is 0 Å². The van der Waals surface area contributed by atoms with Crippen LogP contribution in [-0.2, 0) is 6.54 Å². The van der Waals surface area contributed by atoms with Gasteiger partial charge < -0.3 is 14.6 Å². The second-order valence-electron chi connectivity index (χ2n) is 4.52. The summed E-state index contributed by atoms with van der Waals surface area (Å²) in [6.07, 6.45) is 2.15. The van der Waals surface area contributed by atoms with E-state index >= 15 is 0 Å². The molecule has 1 aliphatic heterocycles. The van der Waals surface area contributed by atoms with E-state index in [1.165, 1.54) is 11.3 Å². The smallest absolute Gasteiger partial charge is 0.119 e. The summed E-state index contributed by atoms with van der Waals surface area (Å²) in [5.41, 5.74) is 2.63. The standard InChI is InChI=1S/C15H18N2O/c1-2-18-13-7-5-12(6-8-13)15-14-4-3-10-17(14)11-9-16-15/h3-8,10,15-16H,2,9,11H2,1H3/t15-/m0/s1. The van der Waals surface area contributed by atoms with E-state index in [2.05, 4.69) is 40.3 Å². The first kappa shape index (κ1) is 11.4. The van der Waals surface area contributed by atoms with Crippen LogP contribution in [0.5, 0.6) is 5.75 Å². The van der Waals surface area contributed by atoms with Crippen LogP contribution in [0.25, 0.3) is 0 Å². The fraction of sp³-hybridized carbons (Fsp3) is 0.333. The zero-order chi connectivity index (χ0) is 12.4. The normalized spacial score (nSPS) is 18.4. The molecular weight excluding hydrogens is 224 g/mol. The molecule has 1 aromatic carbocycles. The third-order valence-electron chi connectivity index (χ3n) is 3.39. The molecule has 94 valence electrons. The summed E-state index contributed by atoms with van der Waals surface area (Å²) < 4.78 is 7.79. The fourth-order valence-corrected chi connectivity index (χ4v) is 2.54. The molecule has 0 unspecified atom stereocenters. The first-order valence-corrected chi connectivity index (χ1v) is 6.49. The molecule has 1 aliphatic rings. The van der Waals surface area contributed by atoms with E-state index in [-0.39, 0.29) is 0 Å². The van der Waals surface area contributed by atoms with Crippen molar-refractivity contribution in [1.29, 1.82) is 0 Å². The van der Waals surface area contributed by atoms with Crippen molar-refractivity contribution < 1.29 is 4.74 Å². The molecule has 0 saturated heterocycles. The molecule has 0 fully saturated rings. The Kier molecular flexibility index (Phi) is 3.07. The largest absolute Gasteiger partial charge is 0.494 e. The van der Waals surface area contributed by atoms with Gasteiger partial charge in [-0.3, -0.25) is 0 Å². The van der Waals surface area contributed by atoms with Crippen LogP contribution in [0.3, 0.4) is 0 Å². The Morgan fingerprint density at radius 3 is 2.89 bits per heavy atom. The minimum Gasteiger partial charge on any atom is -0.494 e. The molecule has 0 spiro atoms. The van der Waals surface area contributed by atoms with Gasteiger partial charge in [0, 0.05) is 25.0 Å². The van der Waals surface area contributed by atoms with Crippen molar-refractivity contribution in [3.05, 3.63) is 53.9 Å². The second-order valence-corrected chi connectivity index (χ2v) is 4.52. The van der Waals surface area contributed by atoms with Crippen LogP contribution in [0.4, 0.5) is 0 Å². The lowest BCUT2D eigenvalue weighted by Gasteiger charge is -2.26. The molecule has 2 aromatic rings. The zero-order valence-electron chi connectivity index (χ0n) is 10.6. The summed E-state index contributed by atoms with van der Waals surface area (Å²) in [5.74, 6) is 0.937. The van der Waals surface area contributed by atoms with Gasteiger partial charge >= 0.3 is 0 Å². The van der Waals surface area contributed by atoms with Crippen molar-refractivity contribution in [2.45, 2.75) is 19.5 Å². The van der Waals surface area contributed by atoms with Crippen molar-refractivity contribution >= 4 is 0 Å². The third kappa shape index (κ3) is 2.02. The number of ether oxygens (including phenoxy) is 1. The Morgan fingerprint density at radius 2 is 2.11 bits per heavy atom. The number of fused-ring (bicyclic) bond motifs is 1. The van der Waals surface area contributed by atoms with Crippen LogP contribution in [0.15, 0.2) is 42.6 Å². The van der Waals surface area contributed by atoms with Crippen LogP contribution in [-0.4, -0.2) is 17.7 Å². The molecule has 3 heteroatoms. The van der Waals surface area contributed by atoms with Gasteiger partial charge in [-0.05, 0) is 36.8 Å². The quantitative estimate of drug-likeness (QED) is 0.895. The van der Waals surface area contributed by atoms with Gasteiger partial charge in [-0.15, -0.1) is 0 Å². The van der Waals surface area contributed by atoms with Gasteiger partial charge in [0.15, 0.2) is 0 Å². The predicted molar refractivity (Wildman–Crippen MR) is 71.9 cm³/mol. The SMILES string of the molecule is CCOc1ccc([C@@H]2NCCn3cccc32)cc1. The second kappa shape index (κ2) is 4.86. The Hall–Kier alpha value is -1.74. The molecule has 0 bridgehead atoms. The summed E-state index contributed by atoms with van der Waals surface area (Å²) in [7, 11) is 0. The molecule has 18 heavy (non-hydrogen) atoms. The van der Waals surface area contributed by atoms with Gasteiger partial charge in [-0.2, -0.15) is 0 Å². The van der Waals surface area contributed by atoms with E-state index in [4.69, 9.17) is 4.74 Å². The minimum atomic E-state index is 0.296. The molecule has 0 aliphatic carbocycles. The molecule has 1 N–H and O–H groups in total. The fourth-order valence-electron chi connectivity index (χ4n) is 2.54. The van der Waals surface area contributed by atoms with E-state index in [0.717, 1.165) is 18.8 Å². The Bertz CT molecular complexity index is 516. The highest BCUT2D eigenvalue weighted by Gasteiger charge is 2.20. The Labute approximate surface area is 107 Å². The van der Waals surface area contributed by atoms with E-state index in [0.29, 0.717) is 12.6 Å². The maximum absolute atomic E-state index is 5.48. The van der Waals surface area contributed by atoms with Crippen molar-refractivity contribution in [1.82, 2.24) is 9.88 Å². The van der Waals surface area contributed by atoms with E-state index in [1.807, 2.05) is 19.1 Å². The average molecular weight is 242 g/mol. The minimum absolute atomic E-state index is 0.296. The topological polar surface area (TPSA) is 26.2 Å². The third-order valence-corrected chi connectivity index (χ3v) is 3.39. The lowest BCUT2D eigenvalue weighted by molar-refractivity contribution is 0.340. The highest BCUT2D eigenvalue weighted by Crippen LogP contribution is 2.26. The molecule has 0 saturated carbocycles. The number of hydrogen-bond acceptors (Lipinski definition) is 2. The predicted octanol–water partition coefficient (Wildman–Crippen LogP) is 2.58. The van der Waals surface area contributed by atoms with Crippen LogP contribution in [0, 0.1) is 0 Å². The first-order chi connectivity index (χ1) is 8.88. The number of aromatic nitrogens is 1. The molecule has 0 amide bonds. The molecule has 0 radical (unpaired) electrons. The molecule has 3 nitrogen and oxygen atoms in total. The lowest BCUT2D eigenvalue weighted by Crippen LogP contribution is -2.33. The molecule has 1 atom stereocenters.